The van der Waals surface area contributed by atoms with Crippen LogP contribution in [0.15, 0.2) is 72.9 Å². The van der Waals surface area contributed by atoms with Gasteiger partial charge in [-0.3, -0.25) is 4.79 Å². The Labute approximate surface area is 211 Å². The zero-order valence-electron chi connectivity index (χ0n) is 20.0. The summed E-state index contributed by atoms with van der Waals surface area (Å²) in [6, 6.07) is 18.0. The molecule has 5 rings (SSSR count). The smallest absolute Gasteiger partial charge is 0.504 e. The summed E-state index contributed by atoms with van der Waals surface area (Å²) >= 11 is 0. The van der Waals surface area contributed by atoms with Gasteiger partial charge in [-0.1, -0.05) is 30.3 Å². The Morgan fingerprint density at radius 2 is 1.84 bits per heavy atom. The van der Waals surface area contributed by atoms with E-state index < -0.39 is 6.36 Å². The zero-order valence-corrected chi connectivity index (χ0v) is 20.0. The predicted octanol–water partition coefficient (Wildman–Crippen LogP) is 6.25. The van der Waals surface area contributed by atoms with Gasteiger partial charge in [0.2, 0.25) is 0 Å². The average Bonchev–Trinajstić information content (AvgIpc) is 3.68. The molecule has 3 aromatic carbocycles. The molecule has 3 aromatic rings. The molecule has 0 radical (unpaired) electrons. The third-order valence-corrected chi connectivity index (χ3v) is 6.45. The minimum atomic E-state index is -4.79. The maximum Gasteiger partial charge on any atom is 0.573 e. The first-order chi connectivity index (χ1) is 17.7. The summed E-state index contributed by atoms with van der Waals surface area (Å²) in [7, 11) is 1.46. The molecular formula is C28H25F3N2O4. The molecule has 0 bridgehead atoms. The molecule has 1 aliphatic carbocycles. The summed E-state index contributed by atoms with van der Waals surface area (Å²) in [4.78, 5) is 15.4. The first kappa shape index (κ1) is 24.5. The van der Waals surface area contributed by atoms with Crippen molar-refractivity contribution in [1.82, 2.24) is 4.90 Å². The SMILES string of the molecule is COc1cc2c(cc1O)C(C(=O)Nc1ccccc1)=CN(Cc1cccc(OC(F)(F)F)c1)C2C1CC1. The molecule has 37 heavy (non-hydrogen) atoms. The molecule has 0 aromatic heterocycles. The second-order valence-corrected chi connectivity index (χ2v) is 9.12. The van der Waals surface area contributed by atoms with Crippen molar-refractivity contribution >= 4 is 17.2 Å². The summed E-state index contributed by atoms with van der Waals surface area (Å²) in [6.07, 6.45) is -1.12. The van der Waals surface area contributed by atoms with E-state index in [-0.39, 0.29) is 41.7 Å². The second-order valence-electron chi connectivity index (χ2n) is 9.12. The summed E-state index contributed by atoms with van der Waals surface area (Å²) < 4.78 is 47.8. The van der Waals surface area contributed by atoms with Gasteiger partial charge in [-0.25, -0.2) is 0 Å². The van der Waals surface area contributed by atoms with Gasteiger partial charge in [0.05, 0.1) is 18.7 Å². The molecule has 6 nitrogen and oxygen atoms in total. The molecule has 1 heterocycles. The molecule has 9 heteroatoms. The quantitative estimate of drug-likeness (QED) is 0.394. The number of amides is 1. The molecule has 1 fully saturated rings. The number of halogens is 3. The first-order valence-corrected chi connectivity index (χ1v) is 11.8. The number of nitrogens with one attached hydrogen (secondary N) is 1. The fourth-order valence-electron chi connectivity index (χ4n) is 4.75. The third kappa shape index (κ3) is 5.50. The molecule has 2 N–H and O–H groups in total. The lowest BCUT2D eigenvalue weighted by Crippen LogP contribution is -2.31. The van der Waals surface area contributed by atoms with Crippen LogP contribution in [-0.4, -0.2) is 29.4 Å². The van der Waals surface area contributed by atoms with E-state index in [0.717, 1.165) is 18.4 Å². The van der Waals surface area contributed by atoms with Gasteiger partial charge >= 0.3 is 6.36 Å². The van der Waals surface area contributed by atoms with Crippen LogP contribution >= 0.6 is 0 Å². The van der Waals surface area contributed by atoms with Crippen molar-refractivity contribution in [3.05, 3.63) is 89.6 Å². The Hall–Kier alpha value is -4.14. The second kappa shape index (κ2) is 9.72. The monoisotopic (exact) mass is 510 g/mol. The summed E-state index contributed by atoms with van der Waals surface area (Å²) in [5.41, 5.74) is 2.95. The van der Waals surface area contributed by atoms with Crippen LogP contribution in [-0.2, 0) is 11.3 Å². The van der Waals surface area contributed by atoms with Gasteiger partial charge in [0.25, 0.3) is 5.91 Å². The van der Waals surface area contributed by atoms with Crippen LogP contribution in [0.3, 0.4) is 0 Å². The number of phenolic OH excluding ortho intramolecular Hbond substituents is 1. The van der Waals surface area contributed by atoms with Gasteiger partial charge in [0.1, 0.15) is 5.75 Å². The lowest BCUT2D eigenvalue weighted by Gasteiger charge is -2.37. The Kier molecular flexibility index (Phi) is 6.45. The molecule has 192 valence electrons. The van der Waals surface area contributed by atoms with Gasteiger partial charge in [-0.2, -0.15) is 0 Å². The van der Waals surface area contributed by atoms with Gasteiger partial charge in [0.15, 0.2) is 11.5 Å². The molecule has 0 saturated heterocycles. The zero-order chi connectivity index (χ0) is 26.2. The molecule has 1 atom stereocenters. The highest BCUT2D eigenvalue weighted by Crippen LogP contribution is 2.51. The van der Waals surface area contributed by atoms with E-state index in [2.05, 4.69) is 10.1 Å². The number of rotatable bonds is 7. The number of ether oxygens (including phenoxy) is 2. The van der Waals surface area contributed by atoms with E-state index >= 15 is 0 Å². The lowest BCUT2D eigenvalue weighted by atomic mass is 9.87. The number of alkyl halides is 3. The van der Waals surface area contributed by atoms with Crippen molar-refractivity contribution in [1.29, 1.82) is 0 Å². The highest BCUT2D eigenvalue weighted by Gasteiger charge is 2.41. The molecule has 0 spiro atoms. The van der Waals surface area contributed by atoms with Crippen molar-refractivity contribution in [2.75, 3.05) is 12.4 Å². The Morgan fingerprint density at radius 1 is 1.08 bits per heavy atom. The summed E-state index contributed by atoms with van der Waals surface area (Å²) in [5.74, 6) is -0.180. The number of benzene rings is 3. The minimum absolute atomic E-state index is 0.0836. The van der Waals surface area contributed by atoms with Crippen molar-refractivity contribution in [3.8, 4) is 17.2 Å². The maximum atomic E-state index is 13.4. The topological polar surface area (TPSA) is 71.0 Å². The van der Waals surface area contributed by atoms with Crippen molar-refractivity contribution < 1.29 is 32.5 Å². The van der Waals surface area contributed by atoms with Crippen LogP contribution in [0.5, 0.6) is 17.2 Å². The van der Waals surface area contributed by atoms with Crippen LogP contribution in [0.2, 0.25) is 0 Å². The van der Waals surface area contributed by atoms with Crippen molar-refractivity contribution in [2.45, 2.75) is 31.8 Å². The molecule has 1 amide bonds. The summed E-state index contributed by atoms with van der Waals surface area (Å²) in [5, 5.41) is 13.4. The predicted molar refractivity (Wildman–Crippen MR) is 132 cm³/mol. The lowest BCUT2D eigenvalue weighted by molar-refractivity contribution is -0.274. The van der Waals surface area contributed by atoms with E-state index in [0.29, 0.717) is 22.4 Å². The van der Waals surface area contributed by atoms with E-state index in [1.165, 1.54) is 31.4 Å². The van der Waals surface area contributed by atoms with Gasteiger partial charge in [0, 0.05) is 18.4 Å². The van der Waals surface area contributed by atoms with Crippen LogP contribution < -0.4 is 14.8 Å². The fourth-order valence-corrected chi connectivity index (χ4v) is 4.75. The minimum Gasteiger partial charge on any atom is -0.504 e. The molecule has 1 saturated carbocycles. The Morgan fingerprint density at radius 3 is 2.51 bits per heavy atom. The number of anilines is 1. The number of hydrogen-bond acceptors (Lipinski definition) is 5. The largest absolute Gasteiger partial charge is 0.573 e. The standard InChI is InChI=1S/C28H25F3N2O4/c1-36-25-14-22-21(13-24(25)34)23(27(35)32-19-7-3-2-4-8-19)16-33(26(22)18-10-11-18)15-17-6-5-9-20(12-17)37-28(29,30)31/h2-9,12-14,16,18,26,34H,10-11,15H2,1H3,(H,32,35). The highest BCUT2D eigenvalue weighted by molar-refractivity contribution is 6.25. The number of hydrogen-bond donors (Lipinski definition) is 2. The van der Waals surface area contributed by atoms with Crippen LogP contribution in [0.25, 0.3) is 5.57 Å². The van der Waals surface area contributed by atoms with Crippen LogP contribution in [0.1, 0.15) is 35.6 Å². The van der Waals surface area contributed by atoms with Crippen molar-refractivity contribution in [2.24, 2.45) is 5.92 Å². The van der Waals surface area contributed by atoms with E-state index in [9.17, 15) is 23.1 Å². The molecule has 1 unspecified atom stereocenters. The molecule has 1 aliphatic heterocycles. The van der Waals surface area contributed by atoms with Gasteiger partial charge in [-0.05, 0) is 71.8 Å². The number of aromatic hydroxyl groups is 1. The Balaban J connectivity index is 1.55. The molecule has 2 aliphatic rings. The first-order valence-electron chi connectivity index (χ1n) is 11.8. The van der Waals surface area contributed by atoms with Crippen LogP contribution in [0, 0.1) is 5.92 Å². The third-order valence-electron chi connectivity index (χ3n) is 6.45. The average molecular weight is 511 g/mol. The summed E-state index contributed by atoms with van der Waals surface area (Å²) in [6.45, 7) is 0.251. The maximum absolute atomic E-state index is 13.4. The fraction of sp³-hybridized carbons (Fsp3) is 0.250. The number of phenols is 1. The highest BCUT2D eigenvalue weighted by atomic mass is 19.4. The van der Waals surface area contributed by atoms with Gasteiger partial charge < -0.3 is 24.8 Å². The Bertz CT molecular complexity index is 1340. The van der Waals surface area contributed by atoms with Crippen LogP contribution in [0.4, 0.5) is 18.9 Å². The van der Waals surface area contributed by atoms with Crippen molar-refractivity contribution in [3.63, 3.8) is 0 Å². The number of fused-ring (bicyclic) bond motifs is 1. The van der Waals surface area contributed by atoms with E-state index in [1.807, 2.05) is 11.0 Å². The number of carbonyl (C=O) groups is 1. The number of methoxy groups -OCH3 is 1. The number of carbonyl (C=O) groups excluding carboxylic acids is 1. The number of para-hydroxylation sites is 1. The van der Waals surface area contributed by atoms with E-state index in [1.54, 1.807) is 42.6 Å². The number of nitrogens with zero attached hydrogens (tertiary/aromatic N) is 1. The van der Waals surface area contributed by atoms with E-state index in [4.69, 9.17) is 4.74 Å². The molecular weight excluding hydrogens is 485 g/mol. The van der Waals surface area contributed by atoms with Gasteiger partial charge in [-0.15, -0.1) is 13.2 Å². The normalized spacial score (nSPS) is 17.0.